The number of aliphatic hydroxyl groups is 6. The van der Waals surface area contributed by atoms with E-state index in [0.29, 0.717) is 0 Å². The van der Waals surface area contributed by atoms with Crippen LogP contribution >= 0.6 is 0 Å². The molecule has 0 aromatic rings. The third kappa shape index (κ3) is 3.80. The van der Waals surface area contributed by atoms with Crippen molar-refractivity contribution in [1.82, 2.24) is 0 Å². The molecule has 13 heteroatoms. The molecule has 0 spiro atoms. The van der Waals surface area contributed by atoms with Gasteiger partial charge in [0.2, 0.25) is 0 Å². The fourth-order valence-electron chi connectivity index (χ4n) is 2.63. The number of hydrogen-bond donors (Lipinski definition) is 7. The number of methoxy groups -OCH3 is 1. The Morgan fingerprint density at radius 2 is 1.42 bits per heavy atom. The lowest BCUT2D eigenvalue weighted by atomic mass is 9.96. The van der Waals surface area contributed by atoms with Gasteiger partial charge in [-0.3, -0.25) is 0 Å². The summed E-state index contributed by atoms with van der Waals surface area (Å²) in [7, 11) is 0.975. The summed E-state index contributed by atoms with van der Waals surface area (Å²) in [4.78, 5) is 22.8. The largest absolute Gasteiger partial charge is 0.479 e. The average molecular weight is 384 g/mol. The van der Waals surface area contributed by atoms with Gasteiger partial charge in [-0.1, -0.05) is 0 Å². The van der Waals surface area contributed by atoms with Gasteiger partial charge in [0.25, 0.3) is 0 Å². The van der Waals surface area contributed by atoms with Crippen LogP contribution in [0.5, 0.6) is 0 Å². The Hall–Kier alpha value is -1.42. The van der Waals surface area contributed by atoms with Crippen LogP contribution in [0.15, 0.2) is 0 Å². The maximum atomic E-state index is 11.6. The van der Waals surface area contributed by atoms with Gasteiger partial charge in [-0.15, -0.1) is 0 Å². The molecule has 10 atom stereocenters. The molecule has 13 nitrogen and oxygen atoms in total. The summed E-state index contributed by atoms with van der Waals surface area (Å²) in [6, 6.07) is 0. The van der Waals surface area contributed by atoms with Crippen molar-refractivity contribution in [1.29, 1.82) is 0 Å². The highest BCUT2D eigenvalue weighted by Crippen LogP contribution is 2.29. The van der Waals surface area contributed by atoms with Crippen molar-refractivity contribution in [2.24, 2.45) is 0 Å². The van der Waals surface area contributed by atoms with Crippen LogP contribution in [0, 0.1) is 0 Å². The number of aliphatic hydroxyl groups excluding tert-OH is 6. The van der Waals surface area contributed by atoms with E-state index in [2.05, 4.69) is 9.47 Å². The topological polar surface area (TPSA) is 213 Å². The third-order valence-corrected chi connectivity index (χ3v) is 4.10. The zero-order valence-electron chi connectivity index (χ0n) is 13.4. The Balaban J connectivity index is 2.22. The minimum Gasteiger partial charge on any atom is -0.479 e. The van der Waals surface area contributed by atoms with Gasteiger partial charge in [-0.05, 0) is 0 Å². The summed E-state index contributed by atoms with van der Waals surface area (Å²) in [5, 5.41) is 67.7. The van der Waals surface area contributed by atoms with Crippen molar-refractivity contribution >= 4 is 11.9 Å². The molecule has 2 saturated heterocycles. The highest BCUT2D eigenvalue weighted by atomic mass is 16.7. The molecule has 7 N–H and O–H groups in total. The molecule has 0 bridgehead atoms. The number of carbonyl (C=O) groups excluding carboxylic acids is 1. The first kappa shape index (κ1) is 20.9. The van der Waals surface area contributed by atoms with Crippen LogP contribution in [-0.2, 0) is 28.5 Å². The molecule has 2 rings (SSSR count). The van der Waals surface area contributed by atoms with Crippen molar-refractivity contribution < 1.29 is 64.3 Å². The van der Waals surface area contributed by atoms with Gasteiger partial charge in [-0.25, -0.2) is 9.59 Å². The number of aliphatic carboxylic acids is 1. The van der Waals surface area contributed by atoms with Crippen LogP contribution in [0.3, 0.4) is 0 Å². The molecule has 150 valence electrons. The molecule has 0 aromatic carbocycles. The van der Waals surface area contributed by atoms with E-state index >= 15 is 0 Å². The number of rotatable bonds is 4. The van der Waals surface area contributed by atoms with Crippen molar-refractivity contribution in [2.75, 3.05) is 7.11 Å². The monoisotopic (exact) mass is 384 g/mol. The quantitative estimate of drug-likeness (QED) is 0.226. The van der Waals surface area contributed by atoms with E-state index in [1.165, 1.54) is 0 Å². The van der Waals surface area contributed by atoms with E-state index in [-0.39, 0.29) is 0 Å². The first-order valence-electron chi connectivity index (χ1n) is 7.45. The Labute approximate surface area is 145 Å². The second-order valence-corrected chi connectivity index (χ2v) is 5.79. The van der Waals surface area contributed by atoms with Gasteiger partial charge in [0.1, 0.15) is 36.6 Å². The smallest absolute Gasteiger partial charge is 0.337 e. The summed E-state index contributed by atoms with van der Waals surface area (Å²) < 4.78 is 19.2. The van der Waals surface area contributed by atoms with Gasteiger partial charge in [0, 0.05) is 0 Å². The van der Waals surface area contributed by atoms with Gasteiger partial charge >= 0.3 is 11.9 Å². The maximum Gasteiger partial charge on any atom is 0.337 e. The second-order valence-electron chi connectivity index (χ2n) is 5.79. The molecule has 2 aliphatic rings. The Morgan fingerprint density at radius 3 is 1.96 bits per heavy atom. The summed E-state index contributed by atoms with van der Waals surface area (Å²) >= 11 is 0. The summed E-state index contributed by atoms with van der Waals surface area (Å²) in [6.45, 7) is 0. The Morgan fingerprint density at radius 1 is 0.808 bits per heavy atom. The highest BCUT2D eigenvalue weighted by Gasteiger charge is 2.53. The van der Waals surface area contributed by atoms with Crippen molar-refractivity contribution in [3.8, 4) is 0 Å². The SMILES string of the molecule is COC(=O)[C@H]1O[C@H](O[C@@H]2[C@H](O)[C@@H](O)[C@@H](O)O[C@@H]2C(=O)O)[C@H](O)[C@@H](O)[C@H]1O. The molecule has 26 heavy (non-hydrogen) atoms. The number of carboxylic acid groups (broad SMARTS) is 1. The number of esters is 1. The normalized spacial score (nSPS) is 46.6. The lowest BCUT2D eigenvalue weighted by Gasteiger charge is -2.44. The molecule has 0 saturated carbocycles. The molecule has 0 radical (unpaired) electrons. The Kier molecular flexibility index (Phi) is 6.49. The van der Waals surface area contributed by atoms with Crippen LogP contribution in [0.2, 0.25) is 0 Å². The lowest BCUT2D eigenvalue weighted by Crippen LogP contribution is -2.65. The maximum absolute atomic E-state index is 11.6. The minimum atomic E-state index is -2.02. The van der Waals surface area contributed by atoms with Gasteiger partial charge in [0.15, 0.2) is 24.8 Å². The molecule has 0 amide bonds. The summed E-state index contributed by atoms with van der Waals surface area (Å²) in [5.74, 6) is -2.78. The van der Waals surface area contributed by atoms with E-state index in [1.54, 1.807) is 0 Å². The van der Waals surface area contributed by atoms with Crippen LogP contribution in [0.1, 0.15) is 0 Å². The standard InChI is InChI=1S/C13H20O13/c1-23-12(22)8-3(15)2(14)6(18)13(26-8)25-7-4(16)5(17)11(21)24-9(7)10(19)20/h2-9,11,13-18,21H,1H3,(H,19,20)/t2-,3+,4+,5+,6+,7+,8-,9-,11-,13-/m0/s1. The van der Waals surface area contributed by atoms with Crippen LogP contribution in [0.4, 0.5) is 0 Å². The molecular formula is C13H20O13. The van der Waals surface area contributed by atoms with E-state index in [0.717, 1.165) is 7.11 Å². The van der Waals surface area contributed by atoms with Crippen LogP contribution < -0.4 is 0 Å². The fraction of sp³-hybridized carbons (Fsp3) is 0.846. The van der Waals surface area contributed by atoms with E-state index in [4.69, 9.17) is 14.6 Å². The third-order valence-electron chi connectivity index (χ3n) is 4.10. The molecule has 2 aliphatic heterocycles. The highest BCUT2D eigenvalue weighted by molar-refractivity contribution is 5.75. The number of ether oxygens (including phenoxy) is 4. The fourth-order valence-corrected chi connectivity index (χ4v) is 2.63. The molecule has 2 fully saturated rings. The number of hydrogen-bond acceptors (Lipinski definition) is 12. The summed E-state index contributed by atoms with van der Waals surface area (Å²) in [6.07, 6.45) is -19.2. The first-order valence-corrected chi connectivity index (χ1v) is 7.45. The summed E-state index contributed by atoms with van der Waals surface area (Å²) in [5.41, 5.74) is 0. The van der Waals surface area contributed by atoms with Gasteiger partial charge in [0.05, 0.1) is 7.11 Å². The Bertz CT molecular complexity index is 526. The molecule has 0 aliphatic carbocycles. The van der Waals surface area contributed by atoms with Crippen LogP contribution in [-0.4, -0.2) is 116 Å². The predicted molar refractivity (Wildman–Crippen MR) is 74.1 cm³/mol. The zero-order chi connectivity index (χ0) is 19.8. The van der Waals surface area contributed by atoms with Crippen LogP contribution in [0.25, 0.3) is 0 Å². The second kappa shape index (κ2) is 8.08. The molecule has 0 unspecified atom stereocenters. The zero-order valence-corrected chi connectivity index (χ0v) is 13.4. The molecule has 2 heterocycles. The molecule has 0 aromatic heterocycles. The molecular weight excluding hydrogens is 364 g/mol. The average Bonchev–Trinajstić information content (AvgIpc) is 2.60. The van der Waals surface area contributed by atoms with E-state index in [1.807, 2.05) is 0 Å². The van der Waals surface area contributed by atoms with E-state index in [9.17, 15) is 40.2 Å². The van der Waals surface area contributed by atoms with E-state index < -0.39 is 73.4 Å². The van der Waals surface area contributed by atoms with Crippen molar-refractivity contribution in [3.63, 3.8) is 0 Å². The van der Waals surface area contributed by atoms with Crippen molar-refractivity contribution in [2.45, 2.75) is 61.4 Å². The minimum absolute atomic E-state index is 0.975. The first-order chi connectivity index (χ1) is 12.1. The lowest BCUT2D eigenvalue weighted by molar-refractivity contribution is -0.346. The van der Waals surface area contributed by atoms with Gasteiger partial charge < -0.3 is 54.7 Å². The van der Waals surface area contributed by atoms with Gasteiger partial charge in [-0.2, -0.15) is 0 Å². The number of carbonyl (C=O) groups is 2. The van der Waals surface area contributed by atoms with Crippen molar-refractivity contribution in [3.05, 3.63) is 0 Å². The number of carboxylic acids is 1. The predicted octanol–water partition coefficient (Wildman–Crippen LogP) is -5.12.